The predicted molar refractivity (Wildman–Crippen MR) is 323 cm³/mol. The highest BCUT2D eigenvalue weighted by molar-refractivity contribution is 6.19. The molecule has 0 unspecified atom stereocenters. The second-order valence-corrected chi connectivity index (χ2v) is 20.4. The van der Waals surface area contributed by atoms with E-state index in [2.05, 4.69) is 278 Å². The molecule has 0 bridgehead atoms. The number of fused-ring (bicyclic) bond motifs is 12. The van der Waals surface area contributed by atoms with Crippen molar-refractivity contribution in [1.82, 2.24) is 4.57 Å². The van der Waals surface area contributed by atoms with E-state index in [1.165, 1.54) is 43.4 Å². The molecule has 77 heavy (non-hydrogen) atoms. The molecule has 0 aliphatic heterocycles. The monoisotopic (exact) mass is 979 g/mol. The Bertz CT molecular complexity index is 4750. The Morgan fingerprint density at radius 3 is 1.09 bits per heavy atom. The largest absolute Gasteiger partial charge is 0.455 e. The van der Waals surface area contributed by atoms with Gasteiger partial charge in [-0.2, -0.15) is 0 Å². The average Bonchev–Trinajstić information content (AvgIpc) is 4.38. The van der Waals surface area contributed by atoms with Gasteiger partial charge in [-0.25, -0.2) is 0 Å². The van der Waals surface area contributed by atoms with Gasteiger partial charge in [0.25, 0.3) is 0 Å². The third kappa shape index (κ3) is 6.98. The van der Waals surface area contributed by atoms with Gasteiger partial charge in [0.05, 0.1) is 16.7 Å². The molecule has 0 saturated carbocycles. The van der Waals surface area contributed by atoms with Crippen LogP contribution in [0.2, 0.25) is 0 Å². The Morgan fingerprint density at radius 1 is 0.221 bits per heavy atom. The van der Waals surface area contributed by atoms with Gasteiger partial charge in [0, 0.05) is 48.8 Å². The van der Waals surface area contributed by atoms with Crippen molar-refractivity contribution >= 4 is 87.2 Å². The van der Waals surface area contributed by atoms with Gasteiger partial charge in [0.15, 0.2) is 0 Å². The Hall–Kier alpha value is -10.2. The molecule has 0 fully saturated rings. The Morgan fingerprint density at radius 2 is 0.610 bits per heavy atom. The highest BCUT2D eigenvalue weighted by Gasteiger charge is 2.23. The average molecular weight is 980 g/mol. The molecule has 3 heteroatoms. The summed E-state index contributed by atoms with van der Waals surface area (Å²) < 4.78 is 16.5. The van der Waals surface area contributed by atoms with Crippen molar-refractivity contribution in [3.8, 4) is 72.4 Å². The summed E-state index contributed by atoms with van der Waals surface area (Å²) in [6.45, 7) is 0. The SMILES string of the molecule is c1ccc(-c2ccc3oc4c(-c5ccc6c7ccc(-c8cc(-c9ccccc9)cc9c8oc8ccc(-c%10ccccc%10)cc89)cc7n(-c7cc8ccccc8c8ccccc78)c6c5)cc(-c5ccccc5)cc4c3c2)cc1. The minimum absolute atomic E-state index is 0.864. The number of nitrogens with zero attached hydrogens (tertiary/aromatic N) is 1. The molecule has 0 aliphatic carbocycles. The normalized spacial score (nSPS) is 11.9. The van der Waals surface area contributed by atoms with E-state index in [0.29, 0.717) is 0 Å². The summed E-state index contributed by atoms with van der Waals surface area (Å²) in [4.78, 5) is 0. The van der Waals surface area contributed by atoms with Gasteiger partial charge in [-0.1, -0.05) is 206 Å². The highest BCUT2D eigenvalue weighted by atomic mass is 16.3. The summed E-state index contributed by atoms with van der Waals surface area (Å²) in [5, 5.41) is 11.5. The van der Waals surface area contributed by atoms with Crippen LogP contribution in [0.4, 0.5) is 0 Å². The van der Waals surface area contributed by atoms with E-state index in [1.807, 2.05) is 0 Å². The Balaban J connectivity index is 0.974. The van der Waals surface area contributed by atoms with E-state index in [1.54, 1.807) is 0 Å². The van der Waals surface area contributed by atoms with Gasteiger partial charge in [-0.3, -0.25) is 0 Å². The van der Waals surface area contributed by atoms with Crippen molar-refractivity contribution < 1.29 is 8.83 Å². The number of rotatable bonds is 7. The molecule has 3 aromatic heterocycles. The van der Waals surface area contributed by atoms with Crippen molar-refractivity contribution in [2.75, 3.05) is 0 Å². The molecule has 16 rings (SSSR count). The first-order valence-electron chi connectivity index (χ1n) is 26.4. The van der Waals surface area contributed by atoms with E-state index >= 15 is 0 Å². The summed E-state index contributed by atoms with van der Waals surface area (Å²) in [6, 6.07) is 99.0. The maximum atomic E-state index is 6.99. The second-order valence-electron chi connectivity index (χ2n) is 20.4. The molecule has 0 radical (unpaired) electrons. The quantitative estimate of drug-likeness (QED) is 0.149. The molecule has 16 aromatic rings. The summed E-state index contributed by atoms with van der Waals surface area (Å²) in [5.74, 6) is 0. The van der Waals surface area contributed by atoms with Crippen molar-refractivity contribution in [3.05, 3.63) is 273 Å². The van der Waals surface area contributed by atoms with Crippen LogP contribution in [0.25, 0.3) is 160 Å². The lowest BCUT2D eigenvalue weighted by Crippen LogP contribution is -1.97. The Labute approximate surface area is 443 Å². The lowest BCUT2D eigenvalue weighted by molar-refractivity contribution is 0.669. The van der Waals surface area contributed by atoms with Crippen LogP contribution in [0.15, 0.2) is 282 Å². The van der Waals surface area contributed by atoms with Crippen molar-refractivity contribution in [2.45, 2.75) is 0 Å². The minimum atomic E-state index is 0.864. The van der Waals surface area contributed by atoms with Crippen LogP contribution in [-0.2, 0) is 0 Å². The van der Waals surface area contributed by atoms with Crippen molar-refractivity contribution in [2.24, 2.45) is 0 Å². The minimum Gasteiger partial charge on any atom is -0.455 e. The molecule has 0 saturated heterocycles. The van der Waals surface area contributed by atoms with Crippen LogP contribution in [0.1, 0.15) is 0 Å². The number of benzene rings is 13. The van der Waals surface area contributed by atoms with Gasteiger partial charge in [-0.15, -0.1) is 0 Å². The highest BCUT2D eigenvalue weighted by Crippen LogP contribution is 2.46. The van der Waals surface area contributed by atoms with Crippen molar-refractivity contribution in [3.63, 3.8) is 0 Å². The first-order valence-corrected chi connectivity index (χ1v) is 26.4. The van der Waals surface area contributed by atoms with E-state index in [0.717, 1.165) is 116 Å². The first kappa shape index (κ1) is 43.2. The molecular weight excluding hydrogens is 935 g/mol. The van der Waals surface area contributed by atoms with Gasteiger partial charge >= 0.3 is 0 Å². The van der Waals surface area contributed by atoms with Crippen LogP contribution < -0.4 is 0 Å². The molecule has 3 heterocycles. The third-order valence-corrected chi connectivity index (χ3v) is 15.9. The molecule has 0 spiro atoms. The van der Waals surface area contributed by atoms with Gasteiger partial charge < -0.3 is 13.4 Å². The van der Waals surface area contributed by atoms with E-state index in [4.69, 9.17) is 8.83 Å². The zero-order chi connectivity index (χ0) is 50.6. The van der Waals surface area contributed by atoms with E-state index in [-0.39, 0.29) is 0 Å². The molecule has 358 valence electrons. The zero-order valence-corrected chi connectivity index (χ0v) is 41.7. The number of hydrogen-bond donors (Lipinski definition) is 0. The molecule has 0 amide bonds. The maximum Gasteiger partial charge on any atom is 0.143 e. The first-order chi connectivity index (χ1) is 38.1. The summed E-state index contributed by atoms with van der Waals surface area (Å²) in [7, 11) is 0. The molecule has 3 nitrogen and oxygen atoms in total. The molecule has 0 N–H and O–H groups in total. The summed E-state index contributed by atoms with van der Waals surface area (Å²) in [6.07, 6.45) is 0. The summed E-state index contributed by atoms with van der Waals surface area (Å²) >= 11 is 0. The molecule has 13 aromatic carbocycles. The fraction of sp³-hybridized carbons (Fsp3) is 0. The van der Waals surface area contributed by atoms with E-state index in [9.17, 15) is 0 Å². The van der Waals surface area contributed by atoms with Crippen molar-refractivity contribution in [1.29, 1.82) is 0 Å². The molecule has 0 aliphatic rings. The zero-order valence-electron chi connectivity index (χ0n) is 41.7. The molecule has 0 atom stereocenters. The molecular formula is C74H45NO2. The number of hydrogen-bond acceptors (Lipinski definition) is 2. The fourth-order valence-electron chi connectivity index (χ4n) is 12.2. The predicted octanol–water partition coefficient (Wildman–Crippen LogP) is 20.9. The topological polar surface area (TPSA) is 31.2 Å². The number of furan rings is 2. The second kappa shape index (κ2) is 17.2. The van der Waals surface area contributed by atoms with Crippen LogP contribution in [-0.4, -0.2) is 4.57 Å². The van der Waals surface area contributed by atoms with Crippen LogP contribution in [0.5, 0.6) is 0 Å². The standard InChI is InChI=1S/C74H45NO2/c1-5-17-46(18-6-1)50-31-35-71-64(37-50)66-41-55(48-21-9-3-10-22-48)39-62(73(66)76-71)53-29-33-60-61-34-30-54(45-70(61)75(69(60)44-53)68-43-52-25-13-14-26-57(52)58-27-15-16-28-59(58)68)63-40-56(49-23-11-4-12-24-49)42-67-65-38-51(47-19-7-2-8-20-47)32-36-72(65)77-74(63)67/h1-45H. The Kier molecular flexibility index (Phi) is 9.64. The smallest absolute Gasteiger partial charge is 0.143 e. The number of aromatic nitrogens is 1. The maximum absolute atomic E-state index is 6.99. The third-order valence-electron chi connectivity index (χ3n) is 15.9. The lowest BCUT2D eigenvalue weighted by Gasteiger charge is -2.15. The van der Waals surface area contributed by atoms with Gasteiger partial charge in [0.1, 0.15) is 22.3 Å². The van der Waals surface area contributed by atoms with Gasteiger partial charge in [0.2, 0.25) is 0 Å². The van der Waals surface area contributed by atoms with Gasteiger partial charge in [-0.05, 0) is 139 Å². The van der Waals surface area contributed by atoms with Crippen LogP contribution in [0.3, 0.4) is 0 Å². The van der Waals surface area contributed by atoms with Crippen LogP contribution >= 0.6 is 0 Å². The summed E-state index contributed by atoms with van der Waals surface area (Å²) in [5.41, 5.74) is 20.3. The van der Waals surface area contributed by atoms with E-state index < -0.39 is 0 Å². The van der Waals surface area contributed by atoms with Crippen LogP contribution in [0, 0.1) is 0 Å². The fourth-order valence-corrected chi connectivity index (χ4v) is 12.2. The lowest BCUT2D eigenvalue weighted by atomic mass is 9.94.